The summed E-state index contributed by atoms with van der Waals surface area (Å²) in [7, 11) is 0. The third-order valence-corrected chi connectivity index (χ3v) is 3.60. The van der Waals surface area contributed by atoms with Gasteiger partial charge in [0.2, 0.25) is 5.91 Å². The molecule has 0 bridgehead atoms. The molecule has 0 unspecified atom stereocenters. The Kier molecular flexibility index (Phi) is 7.27. The number of carbonyl (C=O) groups excluding carboxylic acids is 2. The SMILES string of the molecule is CC(C)CCC(=O)NCC(=O)OCc1ccc(C(C)(C)C)cc1. The largest absolute Gasteiger partial charge is 0.460 e. The number of carbonyl (C=O) groups is 2. The molecule has 1 aromatic carbocycles. The van der Waals surface area contributed by atoms with Gasteiger partial charge in [-0.15, -0.1) is 0 Å². The highest BCUT2D eigenvalue weighted by Gasteiger charge is 2.13. The summed E-state index contributed by atoms with van der Waals surface area (Å²) in [5.74, 6) is -0.0447. The lowest BCUT2D eigenvalue weighted by Crippen LogP contribution is -2.30. The van der Waals surface area contributed by atoms with Gasteiger partial charge < -0.3 is 10.1 Å². The Morgan fingerprint density at radius 1 is 1.13 bits per heavy atom. The summed E-state index contributed by atoms with van der Waals surface area (Å²) in [4.78, 5) is 23.2. The maximum absolute atomic E-state index is 11.6. The number of hydrogen-bond donors (Lipinski definition) is 1. The highest BCUT2D eigenvalue weighted by atomic mass is 16.5. The Balaban J connectivity index is 2.32. The van der Waals surface area contributed by atoms with Crippen LogP contribution in [0.3, 0.4) is 0 Å². The third-order valence-electron chi connectivity index (χ3n) is 3.60. The average Bonchev–Trinajstić information content (AvgIpc) is 2.48. The molecule has 1 N–H and O–H groups in total. The molecule has 1 rings (SSSR count). The van der Waals surface area contributed by atoms with Crippen molar-refractivity contribution < 1.29 is 14.3 Å². The highest BCUT2D eigenvalue weighted by molar-refractivity contribution is 5.81. The molecule has 0 saturated heterocycles. The quantitative estimate of drug-likeness (QED) is 0.782. The Labute approximate surface area is 139 Å². The minimum Gasteiger partial charge on any atom is -0.460 e. The van der Waals surface area contributed by atoms with Crippen molar-refractivity contribution >= 4 is 11.9 Å². The van der Waals surface area contributed by atoms with E-state index in [2.05, 4.69) is 52.1 Å². The van der Waals surface area contributed by atoms with E-state index in [0.29, 0.717) is 12.3 Å². The van der Waals surface area contributed by atoms with E-state index < -0.39 is 5.97 Å². The number of benzene rings is 1. The van der Waals surface area contributed by atoms with E-state index in [1.54, 1.807) is 0 Å². The van der Waals surface area contributed by atoms with Gasteiger partial charge in [0.1, 0.15) is 13.2 Å². The van der Waals surface area contributed by atoms with Crippen LogP contribution in [-0.2, 0) is 26.3 Å². The van der Waals surface area contributed by atoms with Crippen LogP contribution in [-0.4, -0.2) is 18.4 Å². The molecule has 1 aromatic rings. The summed E-state index contributed by atoms with van der Waals surface area (Å²) < 4.78 is 5.18. The topological polar surface area (TPSA) is 55.4 Å². The van der Waals surface area contributed by atoms with Crippen molar-refractivity contribution in [3.63, 3.8) is 0 Å². The maximum Gasteiger partial charge on any atom is 0.325 e. The lowest BCUT2D eigenvalue weighted by atomic mass is 9.87. The summed E-state index contributed by atoms with van der Waals surface area (Å²) in [6.45, 7) is 10.7. The number of hydrogen-bond acceptors (Lipinski definition) is 3. The van der Waals surface area contributed by atoms with Gasteiger partial charge in [0, 0.05) is 6.42 Å². The molecule has 128 valence electrons. The van der Waals surface area contributed by atoms with Gasteiger partial charge in [-0.2, -0.15) is 0 Å². The first-order chi connectivity index (χ1) is 10.7. The van der Waals surface area contributed by atoms with Crippen LogP contribution in [0.4, 0.5) is 0 Å². The second-order valence-electron chi connectivity index (χ2n) is 7.32. The second kappa shape index (κ2) is 8.70. The smallest absolute Gasteiger partial charge is 0.325 e. The molecule has 23 heavy (non-hydrogen) atoms. The summed E-state index contributed by atoms with van der Waals surface area (Å²) in [6, 6.07) is 8.04. The molecule has 0 aliphatic heterocycles. The van der Waals surface area contributed by atoms with E-state index in [9.17, 15) is 9.59 Å². The number of amides is 1. The first kappa shape index (κ1) is 19.2. The van der Waals surface area contributed by atoms with E-state index in [1.807, 2.05) is 12.1 Å². The van der Waals surface area contributed by atoms with Gasteiger partial charge in [0.15, 0.2) is 0 Å². The van der Waals surface area contributed by atoms with E-state index >= 15 is 0 Å². The van der Waals surface area contributed by atoms with Gasteiger partial charge in [-0.05, 0) is 28.9 Å². The monoisotopic (exact) mass is 319 g/mol. The zero-order valence-electron chi connectivity index (χ0n) is 14.9. The minimum absolute atomic E-state index is 0.0724. The molecular formula is C19H29NO3. The van der Waals surface area contributed by atoms with Crippen molar-refractivity contribution in [2.45, 2.75) is 59.5 Å². The van der Waals surface area contributed by atoms with Crippen molar-refractivity contribution in [1.29, 1.82) is 0 Å². The zero-order valence-corrected chi connectivity index (χ0v) is 14.9. The van der Waals surface area contributed by atoms with Crippen molar-refractivity contribution in [3.05, 3.63) is 35.4 Å². The van der Waals surface area contributed by atoms with Crippen molar-refractivity contribution in [1.82, 2.24) is 5.32 Å². The van der Waals surface area contributed by atoms with Crippen LogP contribution < -0.4 is 5.32 Å². The Bertz CT molecular complexity index is 512. The number of rotatable bonds is 7. The lowest BCUT2D eigenvalue weighted by molar-refractivity contribution is -0.145. The lowest BCUT2D eigenvalue weighted by Gasteiger charge is -2.19. The fraction of sp³-hybridized carbons (Fsp3) is 0.579. The van der Waals surface area contributed by atoms with Crippen LogP contribution in [0.1, 0.15) is 58.6 Å². The Morgan fingerprint density at radius 3 is 2.26 bits per heavy atom. The van der Waals surface area contributed by atoms with Crippen LogP contribution >= 0.6 is 0 Å². The molecule has 0 fully saturated rings. The van der Waals surface area contributed by atoms with E-state index in [4.69, 9.17) is 4.74 Å². The Hall–Kier alpha value is -1.84. The van der Waals surface area contributed by atoms with Gasteiger partial charge in [-0.25, -0.2) is 0 Å². The molecule has 4 heteroatoms. The first-order valence-electron chi connectivity index (χ1n) is 8.20. The predicted molar refractivity (Wildman–Crippen MR) is 92.0 cm³/mol. The standard InChI is InChI=1S/C19H29NO3/c1-14(2)6-11-17(21)20-12-18(22)23-13-15-7-9-16(10-8-15)19(3,4)5/h7-10,14H,6,11-13H2,1-5H3,(H,20,21). The minimum atomic E-state index is -0.414. The predicted octanol–water partition coefficient (Wildman–Crippen LogP) is 3.58. The Morgan fingerprint density at radius 2 is 1.74 bits per heavy atom. The number of ether oxygens (including phenoxy) is 1. The molecule has 0 aliphatic carbocycles. The van der Waals surface area contributed by atoms with Gasteiger partial charge in [-0.1, -0.05) is 58.9 Å². The zero-order chi connectivity index (χ0) is 17.5. The molecule has 0 heterocycles. The maximum atomic E-state index is 11.6. The number of esters is 1. The first-order valence-corrected chi connectivity index (χ1v) is 8.20. The van der Waals surface area contributed by atoms with Crippen LogP contribution in [0.5, 0.6) is 0 Å². The van der Waals surface area contributed by atoms with Crippen LogP contribution in [0, 0.1) is 5.92 Å². The molecule has 0 saturated carbocycles. The molecule has 0 spiro atoms. The van der Waals surface area contributed by atoms with Crippen molar-refractivity contribution in [3.8, 4) is 0 Å². The molecule has 0 aliphatic rings. The van der Waals surface area contributed by atoms with E-state index in [-0.39, 0.29) is 24.5 Å². The van der Waals surface area contributed by atoms with Crippen LogP contribution in [0.25, 0.3) is 0 Å². The van der Waals surface area contributed by atoms with Gasteiger partial charge in [-0.3, -0.25) is 9.59 Å². The normalized spacial score (nSPS) is 11.4. The summed E-state index contributed by atoms with van der Waals surface area (Å²) in [5, 5.41) is 2.59. The van der Waals surface area contributed by atoms with Crippen molar-refractivity contribution in [2.75, 3.05) is 6.54 Å². The fourth-order valence-corrected chi connectivity index (χ4v) is 1.99. The fourth-order valence-electron chi connectivity index (χ4n) is 1.99. The summed E-state index contributed by atoms with van der Waals surface area (Å²) in [5.41, 5.74) is 2.29. The van der Waals surface area contributed by atoms with E-state index in [0.717, 1.165) is 12.0 Å². The molecule has 1 amide bonds. The van der Waals surface area contributed by atoms with Crippen LogP contribution in [0.15, 0.2) is 24.3 Å². The summed E-state index contributed by atoms with van der Waals surface area (Å²) >= 11 is 0. The third kappa shape index (κ3) is 7.82. The van der Waals surface area contributed by atoms with Crippen molar-refractivity contribution in [2.24, 2.45) is 5.92 Å². The molecule has 0 aromatic heterocycles. The number of nitrogens with one attached hydrogen (secondary N) is 1. The van der Waals surface area contributed by atoms with E-state index in [1.165, 1.54) is 5.56 Å². The summed E-state index contributed by atoms with van der Waals surface area (Å²) in [6.07, 6.45) is 1.26. The highest BCUT2D eigenvalue weighted by Crippen LogP contribution is 2.22. The molecule has 4 nitrogen and oxygen atoms in total. The van der Waals surface area contributed by atoms with Gasteiger partial charge >= 0.3 is 5.97 Å². The molecular weight excluding hydrogens is 290 g/mol. The second-order valence-corrected chi connectivity index (χ2v) is 7.32. The van der Waals surface area contributed by atoms with Gasteiger partial charge in [0.25, 0.3) is 0 Å². The average molecular weight is 319 g/mol. The molecule has 0 atom stereocenters. The molecule has 0 radical (unpaired) electrons. The van der Waals surface area contributed by atoms with Crippen LogP contribution in [0.2, 0.25) is 0 Å². The van der Waals surface area contributed by atoms with Gasteiger partial charge in [0.05, 0.1) is 0 Å².